The second-order valence-corrected chi connectivity index (χ2v) is 7.92. The van der Waals surface area contributed by atoms with E-state index in [2.05, 4.69) is 42.7 Å². The van der Waals surface area contributed by atoms with Gasteiger partial charge in [-0.05, 0) is 20.0 Å². The van der Waals surface area contributed by atoms with Gasteiger partial charge >= 0.3 is 0 Å². The normalized spacial score (nSPS) is 19.0. The summed E-state index contributed by atoms with van der Waals surface area (Å²) in [6.07, 6.45) is 0. The summed E-state index contributed by atoms with van der Waals surface area (Å²) in [6, 6.07) is 5.90. The van der Waals surface area contributed by atoms with Gasteiger partial charge in [-0.15, -0.1) is 0 Å². The highest BCUT2D eigenvalue weighted by Crippen LogP contribution is 2.22. The maximum absolute atomic E-state index is 13.9. The fourth-order valence-corrected chi connectivity index (χ4v) is 3.92. The van der Waals surface area contributed by atoms with Crippen molar-refractivity contribution in [1.82, 2.24) is 19.8 Å². The highest BCUT2D eigenvalue weighted by atomic mass is 19.1. The largest absolute Gasteiger partial charge is 0.354 e. The van der Waals surface area contributed by atoms with Crippen LogP contribution in [0.15, 0.2) is 24.3 Å². The molecule has 2 aliphatic heterocycles. The SMILES string of the molecule is Cc1nc(N2CCN(C)CC2)cc(N2CCN(Cc3ccc(F)cc3F)CC2)n1. The summed E-state index contributed by atoms with van der Waals surface area (Å²) in [7, 11) is 2.14. The lowest BCUT2D eigenvalue weighted by Crippen LogP contribution is -2.47. The second-order valence-electron chi connectivity index (χ2n) is 7.92. The second kappa shape index (κ2) is 8.59. The lowest BCUT2D eigenvalue weighted by molar-refractivity contribution is 0.246. The first kappa shape index (κ1) is 20.0. The first-order chi connectivity index (χ1) is 14.0. The van der Waals surface area contributed by atoms with Crippen LogP contribution in [0.25, 0.3) is 0 Å². The van der Waals surface area contributed by atoms with Crippen LogP contribution in [0.1, 0.15) is 11.4 Å². The Bertz CT molecular complexity index is 845. The van der Waals surface area contributed by atoms with E-state index < -0.39 is 11.6 Å². The molecule has 0 amide bonds. The molecule has 156 valence electrons. The number of hydrogen-bond donors (Lipinski definition) is 0. The van der Waals surface area contributed by atoms with Gasteiger partial charge in [0.05, 0.1) is 0 Å². The minimum absolute atomic E-state index is 0.476. The zero-order valence-corrected chi connectivity index (χ0v) is 17.1. The summed E-state index contributed by atoms with van der Waals surface area (Å²) in [6.45, 7) is 9.73. The number of piperazine rings is 2. The molecule has 0 bridgehead atoms. The molecule has 29 heavy (non-hydrogen) atoms. The highest BCUT2D eigenvalue weighted by molar-refractivity contribution is 5.51. The predicted octanol–water partition coefficient (Wildman–Crippen LogP) is 2.14. The van der Waals surface area contributed by atoms with E-state index in [1.165, 1.54) is 12.1 Å². The molecule has 0 radical (unpaired) electrons. The lowest BCUT2D eigenvalue weighted by atomic mass is 10.1. The average Bonchev–Trinajstić information content (AvgIpc) is 2.71. The van der Waals surface area contributed by atoms with E-state index in [0.29, 0.717) is 12.1 Å². The van der Waals surface area contributed by atoms with Gasteiger partial charge in [-0.1, -0.05) is 6.07 Å². The van der Waals surface area contributed by atoms with Crippen LogP contribution in [0.3, 0.4) is 0 Å². The Balaban J connectivity index is 1.39. The summed E-state index contributed by atoms with van der Waals surface area (Å²) in [4.78, 5) is 18.4. The van der Waals surface area contributed by atoms with Crippen molar-refractivity contribution in [2.75, 3.05) is 69.2 Å². The standard InChI is InChI=1S/C21H28F2N6/c1-16-24-20(28-9-5-26(2)6-10-28)14-21(25-16)29-11-7-27(8-12-29)15-17-3-4-18(22)13-19(17)23/h3-4,13-14H,5-12,15H2,1-2H3. The van der Waals surface area contributed by atoms with Crippen molar-refractivity contribution in [3.8, 4) is 0 Å². The average molecular weight is 402 g/mol. The van der Waals surface area contributed by atoms with Gasteiger partial charge in [0, 0.05) is 76.6 Å². The number of aromatic nitrogens is 2. The Morgan fingerprint density at radius 3 is 2.00 bits per heavy atom. The molecule has 1 aromatic heterocycles. The van der Waals surface area contributed by atoms with Gasteiger partial charge in [0.15, 0.2) is 0 Å². The van der Waals surface area contributed by atoms with Gasteiger partial charge in [0.1, 0.15) is 29.1 Å². The highest BCUT2D eigenvalue weighted by Gasteiger charge is 2.22. The molecule has 8 heteroatoms. The Hall–Kier alpha value is -2.32. The maximum Gasteiger partial charge on any atom is 0.134 e. The van der Waals surface area contributed by atoms with Crippen molar-refractivity contribution < 1.29 is 8.78 Å². The van der Waals surface area contributed by atoms with Gasteiger partial charge in [0.2, 0.25) is 0 Å². The molecule has 0 aliphatic carbocycles. The molecule has 4 rings (SSSR count). The number of hydrogen-bond acceptors (Lipinski definition) is 6. The molecule has 0 unspecified atom stereocenters. The molecule has 0 spiro atoms. The molecular weight excluding hydrogens is 374 g/mol. The summed E-state index contributed by atoms with van der Waals surface area (Å²) < 4.78 is 27.0. The van der Waals surface area contributed by atoms with Gasteiger partial charge in [0.25, 0.3) is 0 Å². The quantitative estimate of drug-likeness (QED) is 0.780. The van der Waals surface area contributed by atoms with Gasteiger partial charge in [-0.3, -0.25) is 4.90 Å². The fourth-order valence-electron chi connectivity index (χ4n) is 3.92. The monoisotopic (exact) mass is 402 g/mol. The topological polar surface area (TPSA) is 38.7 Å². The molecule has 3 heterocycles. The Morgan fingerprint density at radius 1 is 0.828 bits per heavy atom. The molecule has 2 aromatic rings. The molecule has 2 fully saturated rings. The van der Waals surface area contributed by atoms with Crippen LogP contribution < -0.4 is 9.80 Å². The van der Waals surface area contributed by atoms with Crippen molar-refractivity contribution >= 4 is 11.6 Å². The number of rotatable bonds is 4. The molecular formula is C21H28F2N6. The number of nitrogens with zero attached hydrogens (tertiary/aromatic N) is 6. The van der Waals surface area contributed by atoms with Crippen LogP contribution in [-0.4, -0.2) is 79.2 Å². The van der Waals surface area contributed by atoms with E-state index in [-0.39, 0.29) is 0 Å². The molecule has 2 saturated heterocycles. The van der Waals surface area contributed by atoms with Crippen molar-refractivity contribution in [3.63, 3.8) is 0 Å². The van der Waals surface area contributed by atoms with Crippen LogP contribution in [0.4, 0.5) is 20.4 Å². The van der Waals surface area contributed by atoms with Gasteiger partial charge in [-0.2, -0.15) is 0 Å². The molecule has 0 saturated carbocycles. The van der Waals surface area contributed by atoms with E-state index >= 15 is 0 Å². The summed E-state index contributed by atoms with van der Waals surface area (Å²) >= 11 is 0. The third-order valence-corrected chi connectivity index (χ3v) is 5.74. The predicted molar refractivity (Wildman–Crippen MR) is 110 cm³/mol. The summed E-state index contributed by atoms with van der Waals surface area (Å²) in [5.41, 5.74) is 0.537. The van der Waals surface area contributed by atoms with Crippen LogP contribution in [-0.2, 0) is 6.54 Å². The number of halogens is 2. The number of anilines is 2. The molecule has 1 aromatic carbocycles. The van der Waals surface area contributed by atoms with Crippen LogP contribution in [0, 0.1) is 18.6 Å². The van der Waals surface area contributed by atoms with E-state index in [1.54, 1.807) is 0 Å². The first-order valence-corrected chi connectivity index (χ1v) is 10.2. The smallest absolute Gasteiger partial charge is 0.134 e. The van der Waals surface area contributed by atoms with Crippen LogP contribution in [0.5, 0.6) is 0 Å². The summed E-state index contributed by atoms with van der Waals surface area (Å²) in [5.74, 6) is 1.73. The van der Waals surface area contributed by atoms with E-state index in [4.69, 9.17) is 0 Å². The van der Waals surface area contributed by atoms with Crippen LogP contribution in [0.2, 0.25) is 0 Å². The molecule has 2 aliphatic rings. The lowest BCUT2D eigenvalue weighted by Gasteiger charge is -2.37. The van der Waals surface area contributed by atoms with Crippen molar-refractivity contribution in [3.05, 3.63) is 47.3 Å². The minimum atomic E-state index is -0.536. The van der Waals surface area contributed by atoms with Crippen molar-refractivity contribution in [1.29, 1.82) is 0 Å². The number of benzene rings is 1. The van der Waals surface area contributed by atoms with Crippen molar-refractivity contribution in [2.24, 2.45) is 0 Å². The summed E-state index contributed by atoms with van der Waals surface area (Å²) in [5, 5.41) is 0. The van der Waals surface area contributed by atoms with E-state index in [0.717, 1.165) is 75.9 Å². The fraction of sp³-hybridized carbons (Fsp3) is 0.524. The van der Waals surface area contributed by atoms with E-state index in [9.17, 15) is 8.78 Å². The molecule has 6 nitrogen and oxygen atoms in total. The maximum atomic E-state index is 13.9. The zero-order valence-electron chi connectivity index (χ0n) is 17.1. The van der Waals surface area contributed by atoms with E-state index in [1.807, 2.05) is 6.92 Å². The first-order valence-electron chi connectivity index (χ1n) is 10.2. The number of likely N-dealkylation sites (N-methyl/N-ethyl adjacent to an activating group) is 1. The molecule has 0 N–H and O–H groups in total. The van der Waals surface area contributed by atoms with Crippen LogP contribution >= 0.6 is 0 Å². The Kier molecular flexibility index (Phi) is 5.91. The Labute approximate surface area is 170 Å². The Morgan fingerprint density at radius 2 is 1.41 bits per heavy atom. The third-order valence-electron chi connectivity index (χ3n) is 5.74. The van der Waals surface area contributed by atoms with Gasteiger partial charge < -0.3 is 14.7 Å². The van der Waals surface area contributed by atoms with Gasteiger partial charge in [-0.25, -0.2) is 18.7 Å². The molecule has 0 atom stereocenters. The number of aryl methyl sites for hydroxylation is 1. The minimum Gasteiger partial charge on any atom is -0.354 e. The third kappa shape index (κ3) is 4.82. The van der Waals surface area contributed by atoms with Crippen molar-refractivity contribution in [2.45, 2.75) is 13.5 Å². The zero-order chi connectivity index (χ0) is 20.4.